The Hall–Kier alpha value is -0.720. The van der Waals surface area contributed by atoms with Gasteiger partial charge in [0.25, 0.3) is 0 Å². The summed E-state index contributed by atoms with van der Waals surface area (Å²) in [5.74, 6) is 0. The van der Waals surface area contributed by atoms with E-state index in [2.05, 4.69) is 14.7 Å². The van der Waals surface area contributed by atoms with E-state index in [-0.39, 0.29) is 16.9 Å². The Kier molecular flexibility index (Phi) is 5.11. The highest BCUT2D eigenvalue weighted by molar-refractivity contribution is 7.98. The van der Waals surface area contributed by atoms with Crippen molar-refractivity contribution in [2.24, 2.45) is 5.73 Å². The van der Waals surface area contributed by atoms with Crippen molar-refractivity contribution in [3.8, 4) is 0 Å². The van der Waals surface area contributed by atoms with Gasteiger partial charge in [-0.3, -0.25) is 0 Å². The van der Waals surface area contributed by atoms with Crippen molar-refractivity contribution in [1.29, 1.82) is 0 Å². The van der Waals surface area contributed by atoms with Crippen LogP contribution < -0.4 is 5.73 Å². The lowest BCUT2D eigenvalue weighted by Crippen LogP contribution is -2.15. The number of rotatable bonds is 4. The first-order chi connectivity index (χ1) is 7.54. The third-order valence-corrected chi connectivity index (χ3v) is 2.84. The molecule has 0 atom stereocenters. The van der Waals surface area contributed by atoms with Crippen molar-refractivity contribution in [2.75, 3.05) is 12.9 Å². The van der Waals surface area contributed by atoms with Crippen molar-refractivity contribution >= 4 is 41.1 Å². The van der Waals surface area contributed by atoms with Crippen molar-refractivity contribution in [1.82, 2.24) is 9.97 Å². The van der Waals surface area contributed by atoms with Gasteiger partial charge in [-0.15, -0.1) is 0 Å². The van der Waals surface area contributed by atoms with E-state index in [0.29, 0.717) is 17.1 Å². The molecule has 2 N–H and O–H groups in total. The van der Waals surface area contributed by atoms with Gasteiger partial charge in [-0.25, -0.2) is 14.8 Å². The predicted octanol–water partition coefficient (Wildman–Crippen LogP) is 2.14. The summed E-state index contributed by atoms with van der Waals surface area (Å²) in [5.41, 5.74) is 5.36. The Labute approximate surface area is 107 Å². The molecule has 88 valence electrons. The number of carbonyl (C=O) groups excluding carboxylic acids is 1. The molecule has 0 aliphatic rings. The molecule has 0 saturated carbocycles. The third kappa shape index (κ3) is 3.70. The molecule has 1 amide bonds. The second-order valence-electron chi connectivity index (χ2n) is 2.69. The molecule has 0 bridgehead atoms. The van der Waals surface area contributed by atoms with E-state index in [9.17, 15) is 4.79 Å². The fourth-order valence-corrected chi connectivity index (χ4v) is 2.01. The van der Waals surface area contributed by atoms with Gasteiger partial charge in [-0.2, -0.15) is 0 Å². The second kappa shape index (κ2) is 6.12. The van der Waals surface area contributed by atoms with E-state index in [0.717, 1.165) is 0 Å². The molecular weight excluding hydrogens is 273 g/mol. The van der Waals surface area contributed by atoms with Gasteiger partial charge in [0.2, 0.25) is 0 Å². The van der Waals surface area contributed by atoms with Crippen LogP contribution in [0.1, 0.15) is 5.56 Å². The molecule has 0 spiro atoms. The van der Waals surface area contributed by atoms with Crippen LogP contribution in [0.5, 0.6) is 0 Å². The van der Waals surface area contributed by atoms with Crippen LogP contribution in [0.3, 0.4) is 0 Å². The number of halogens is 2. The van der Waals surface area contributed by atoms with Crippen LogP contribution in [0, 0.1) is 0 Å². The van der Waals surface area contributed by atoms with Crippen LogP contribution in [0.25, 0.3) is 0 Å². The van der Waals surface area contributed by atoms with E-state index >= 15 is 0 Å². The number of carbonyl (C=O) groups is 1. The Morgan fingerprint density at radius 1 is 1.44 bits per heavy atom. The quantitative estimate of drug-likeness (QED) is 0.520. The number of aromatic nitrogens is 2. The fourth-order valence-electron chi connectivity index (χ4n) is 0.964. The standard InChI is InChI=1S/C8H9Cl2N3O2S/c1-16-8-12-5(9)4(6(10)13-8)2-3-15-7(11)14/h2-3H2,1H3,(H2,11,14). The summed E-state index contributed by atoms with van der Waals surface area (Å²) in [6.07, 6.45) is 1.31. The van der Waals surface area contributed by atoms with Gasteiger partial charge in [0.15, 0.2) is 5.16 Å². The minimum absolute atomic E-state index is 0.0940. The first-order valence-electron chi connectivity index (χ1n) is 4.22. The zero-order valence-electron chi connectivity index (χ0n) is 8.37. The lowest BCUT2D eigenvalue weighted by Gasteiger charge is -2.06. The first-order valence-corrected chi connectivity index (χ1v) is 6.20. The molecule has 1 aromatic rings. The molecule has 1 aromatic heterocycles. The molecule has 8 heteroatoms. The van der Waals surface area contributed by atoms with E-state index in [4.69, 9.17) is 28.9 Å². The largest absolute Gasteiger partial charge is 0.449 e. The zero-order valence-corrected chi connectivity index (χ0v) is 10.7. The van der Waals surface area contributed by atoms with Gasteiger partial charge in [-0.05, 0) is 6.26 Å². The molecule has 0 fully saturated rings. The summed E-state index contributed by atoms with van der Waals surface area (Å²) in [6, 6.07) is 0. The lowest BCUT2D eigenvalue weighted by atomic mass is 10.2. The minimum Gasteiger partial charge on any atom is -0.449 e. The fraction of sp³-hybridized carbons (Fsp3) is 0.375. The predicted molar refractivity (Wildman–Crippen MR) is 63.1 cm³/mol. The summed E-state index contributed by atoms with van der Waals surface area (Å²) in [4.78, 5) is 18.4. The second-order valence-corrected chi connectivity index (χ2v) is 4.18. The molecule has 16 heavy (non-hydrogen) atoms. The summed E-state index contributed by atoms with van der Waals surface area (Å²) in [5, 5.41) is 1.02. The highest BCUT2D eigenvalue weighted by atomic mass is 35.5. The topological polar surface area (TPSA) is 78.1 Å². The number of amides is 1. The zero-order chi connectivity index (χ0) is 12.1. The number of thioether (sulfide) groups is 1. The smallest absolute Gasteiger partial charge is 0.404 e. The molecule has 0 aromatic carbocycles. The highest BCUT2D eigenvalue weighted by Gasteiger charge is 2.11. The normalized spacial score (nSPS) is 10.2. The summed E-state index contributed by atoms with van der Waals surface area (Å²) < 4.78 is 4.57. The number of hydrogen-bond donors (Lipinski definition) is 1. The maximum atomic E-state index is 10.4. The maximum Gasteiger partial charge on any atom is 0.404 e. The van der Waals surface area contributed by atoms with Crippen molar-refractivity contribution in [2.45, 2.75) is 11.6 Å². The van der Waals surface area contributed by atoms with E-state index in [1.165, 1.54) is 11.8 Å². The van der Waals surface area contributed by atoms with Crippen LogP contribution in [-0.2, 0) is 11.2 Å². The van der Waals surface area contributed by atoms with Crippen LogP contribution in [0.4, 0.5) is 4.79 Å². The van der Waals surface area contributed by atoms with Crippen LogP contribution >= 0.6 is 35.0 Å². The average molecular weight is 282 g/mol. The molecule has 0 aliphatic heterocycles. The lowest BCUT2D eigenvalue weighted by molar-refractivity contribution is 0.158. The maximum absolute atomic E-state index is 10.4. The van der Waals surface area contributed by atoms with Crippen molar-refractivity contribution in [3.63, 3.8) is 0 Å². The summed E-state index contributed by atoms with van der Waals surface area (Å²) in [7, 11) is 0. The average Bonchev–Trinajstić information content (AvgIpc) is 2.21. The Bertz CT molecular complexity index is 380. The molecule has 1 heterocycles. The SMILES string of the molecule is CSc1nc(Cl)c(CCOC(N)=O)c(Cl)n1. The van der Waals surface area contributed by atoms with E-state index in [1.807, 2.05) is 6.26 Å². The first kappa shape index (κ1) is 13.3. The van der Waals surface area contributed by atoms with Gasteiger partial charge < -0.3 is 10.5 Å². The Balaban J connectivity index is 2.76. The monoisotopic (exact) mass is 281 g/mol. The molecule has 0 unspecified atom stereocenters. The van der Waals surface area contributed by atoms with Gasteiger partial charge >= 0.3 is 6.09 Å². The van der Waals surface area contributed by atoms with Gasteiger partial charge in [0.05, 0.1) is 6.61 Å². The van der Waals surface area contributed by atoms with E-state index in [1.54, 1.807) is 0 Å². The van der Waals surface area contributed by atoms with Crippen LogP contribution in [0.2, 0.25) is 10.3 Å². The number of nitrogens with zero attached hydrogens (tertiary/aromatic N) is 2. The van der Waals surface area contributed by atoms with Crippen molar-refractivity contribution in [3.05, 3.63) is 15.9 Å². The van der Waals surface area contributed by atoms with E-state index < -0.39 is 6.09 Å². The van der Waals surface area contributed by atoms with Gasteiger partial charge in [0.1, 0.15) is 10.3 Å². The number of hydrogen-bond acceptors (Lipinski definition) is 5. The molecule has 0 saturated heterocycles. The Morgan fingerprint density at radius 2 is 2.00 bits per heavy atom. The van der Waals surface area contributed by atoms with Crippen LogP contribution in [0.15, 0.2) is 5.16 Å². The molecule has 0 radical (unpaired) electrons. The van der Waals surface area contributed by atoms with Gasteiger partial charge in [-0.1, -0.05) is 35.0 Å². The van der Waals surface area contributed by atoms with Crippen LogP contribution in [-0.4, -0.2) is 28.9 Å². The molecule has 0 aliphatic carbocycles. The minimum atomic E-state index is -0.839. The number of primary amides is 1. The van der Waals surface area contributed by atoms with Crippen molar-refractivity contribution < 1.29 is 9.53 Å². The molecule has 5 nitrogen and oxygen atoms in total. The number of ether oxygens (including phenoxy) is 1. The third-order valence-electron chi connectivity index (χ3n) is 1.66. The summed E-state index contributed by atoms with van der Waals surface area (Å²) in [6.45, 7) is 0.0940. The molecular formula is C8H9Cl2N3O2S. The number of nitrogens with two attached hydrogens (primary N) is 1. The highest BCUT2D eigenvalue weighted by Crippen LogP contribution is 2.24. The Morgan fingerprint density at radius 3 is 2.44 bits per heavy atom. The molecule has 1 rings (SSSR count). The van der Waals surface area contributed by atoms with Gasteiger partial charge in [0, 0.05) is 12.0 Å². The summed E-state index contributed by atoms with van der Waals surface area (Å²) >= 11 is 13.2.